The van der Waals surface area contributed by atoms with E-state index in [4.69, 9.17) is 4.42 Å². The van der Waals surface area contributed by atoms with E-state index in [0.29, 0.717) is 17.8 Å². The minimum atomic E-state index is 0.451. The van der Waals surface area contributed by atoms with Crippen molar-refractivity contribution in [3.05, 3.63) is 11.8 Å². The van der Waals surface area contributed by atoms with Crippen LogP contribution >= 0.6 is 23.5 Å². The second kappa shape index (κ2) is 4.35. The van der Waals surface area contributed by atoms with Gasteiger partial charge in [-0.3, -0.25) is 4.99 Å². The molecule has 14 heavy (non-hydrogen) atoms. The van der Waals surface area contributed by atoms with Crippen LogP contribution in [-0.4, -0.2) is 26.4 Å². The highest BCUT2D eigenvalue weighted by molar-refractivity contribution is 8.38. The van der Waals surface area contributed by atoms with Crippen LogP contribution in [0.2, 0.25) is 0 Å². The lowest BCUT2D eigenvalue weighted by atomic mass is 10.4. The van der Waals surface area contributed by atoms with Gasteiger partial charge in [0.15, 0.2) is 0 Å². The number of nitrogens with zero attached hydrogens (tertiary/aromatic N) is 3. The van der Waals surface area contributed by atoms with Gasteiger partial charge in [0, 0.05) is 12.7 Å². The van der Waals surface area contributed by atoms with Crippen LogP contribution in [0.25, 0.3) is 0 Å². The van der Waals surface area contributed by atoms with Crippen LogP contribution in [0.4, 0.5) is 0 Å². The van der Waals surface area contributed by atoms with Gasteiger partial charge >= 0.3 is 0 Å². The average Bonchev–Trinajstić information content (AvgIpc) is 2.72. The molecule has 1 aliphatic rings. The van der Waals surface area contributed by atoms with Gasteiger partial charge in [0.05, 0.1) is 11.8 Å². The van der Waals surface area contributed by atoms with E-state index in [1.165, 1.54) is 0 Å². The molecule has 0 spiro atoms. The fourth-order valence-corrected chi connectivity index (χ4v) is 3.09. The predicted octanol–water partition coefficient (Wildman–Crippen LogP) is 2.10. The first-order chi connectivity index (χ1) is 6.74. The molecular formula is C8H11N3OS2. The van der Waals surface area contributed by atoms with Gasteiger partial charge in [-0.2, -0.15) is 0 Å². The van der Waals surface area contributed by atoms with Crippen molar-refractivity contribution in [2.75, 3.05) is 5.75 Å². The summed E-state index contributed by atoms with van der Waals surface area (Å²) in [5.41, 5.74) is 0. The molecule has 0 saturated heterocycles. The molecule has 1 atom stereocenters. The van der Waals surface area contributed by atoms with Crippen molar-refractivity contribution in [2.45, 2.75) is 25.6 Å². The molecule has 6 heteroatoms. The van der Waals surface area contributed by atoms with Crippen molar-refractivity contribution in [1.82, 2.24) is 10.2 Å². The number of aliphatic imine (C=N–C) groups is 1. The summed E-state index contributed by atoms with van der Waals surface area (Å²) in [6.45, 7) is 3.92. The van der Waals surface area contributed by atoms with Crippen LogP contribution in [-0.2, 0) is 5.75 Å². The lowest BCUT2D eigenvalue weighted by Gasteiger charge is -1.94. The number of thioether (sulfide) groups is 2. The number of rotatable bonds is 2. The van der Waals surface area contributed by atoms with Crippen molar-refractivity contribution in [3.63, 3.8) is 0 Å². The maximum atomic E-state index is 5.26. The topological polar surface area (TPSA) is 51.3 Å². The lowest BCUT2D eigenvalue weighted by molar-refractivity contribution is 0.486. The zero-order valence-electron chi connectivity index (χ0n) is 8.06. The normalized spacial score (nSPS) is 21.3. The SMILES string of the molecule is Cc1nnc(CSC2=NC(C)CS2)o1. The second-order valence-electron chi connectivity index (χ2n) is 3.06. The Bertz CT molecular complexity index is 350. The number of aryl methyl sites for hydroxylation is 1. The maximum absolute atomic E-state index is 5.26. The van der Waals surface area contributed by atoms with Crippen LogP contribution in [0.15, 0.2) is 9.41 Å². The molecule has 76 valence electrons. The van der Waals surface area contributed by atoms with E-state index in [9.17, 15) is 0 Å². The van der Waals surface area contributed by atoms with Gasteiger partial charge in [0.2, 0.25) is 11.8 Å². The summed E-state index contributed by atoms with van der Waals surface area (Å²) in [6, 6.07) is 0.451. The molecule has 0 N–H and O–H groups in total. The number of hydrogen-bond donors (Lipinski definition) is 0. The number of aromatic nitrogens is 2. The van der Waals surface area contributed by atoms with Crippen molar-refractivity contribution in [2.24, 2.45) is 4.99 Å². The first-order valence-corrected chi connectivity index (χ1v) is 6.33. The second-order valence-corrected chi connectivity index (χ2v) is 5.29. The Hall–Kier alpha value is -0.490. The standard InChI is InChI=1S/C8H11N3OS2/c1-5-3-13-8(9-5)14-4-7-11-10-6(2)12-7/h5H,3-4H2,1-2H3. The van der Waals surface area contributed by atoms with Crippen LogP contribution in [0.5, 0.6) is 0 Å². The van der Waals surface area contributed by atoms with Gasteiger partial charge in [-0.1, -0.05) is 23.5 Å². The Morgan fingerprint density at radius 3 is 3.00 bits per heavy atom. The Morgan fingerprint density at radius 1 is 1.57 bits per heavy atom. The Labute approximate surface area is 91.0 Å². The number of hydrogen-bond acceptors (Lipinski definition) is 6. The first-order valence-electron chi connectivity index (χ1n) is 4.36. The molecule has 2 rings (SSSR count). The molecule has 0 aliphatic carbocycles. The van der Waals surface area contributed by atoms with Crippen LogP contribution < -0.4 is 0 Å². The maximum Gasteiger partial charge on any atom is 0.226 e. The minimum absolute atomic E-state index is 0.451. The summed E-state index contributed by atoms with van der Waals surface area (Å²) in [5, 5.41) is 7.69. The Kier molecular flexibility index (Phi) is 3.12. The van der Waals surface area contributed by atoms with Crippen molar-refractivity contribution in [3.8, 4) is 0 Å². The van der Waals surface area contributed by atoms with Crippen molar-refractivity contribution >= 4 is 27.9 Å². The highest BCUT2D eigenvalue weighted by Gasteiger charge is 2.15. The van der Waals surface area contributed by atoms with E-state index in [2.05, 4.69) is 22.1 Å². The summed E-state index contributed by atoms with van der Waals surface area (Å²) in [6.07, 6.45) is 0. The van der Waals surface area contributed by atoms with Gasteiger partial charge in [-0.25, -0.2) is 0 Å². The van der Waals surface area contributed by atoms with Crippen LogP contribution in [0, 0.1) is 6.92 Å². The Morgan fingerprint density at radius 2 is 2.43 bits per heavy atom. The predicted molar refractivity (Wildman–Crippen MR) is 59.7 cm³/mol. The molecule has 0 amide bonds. The molecular weight excluding hydrogens is 218 g/mol. The lowest BCUT2D eigenvalue weighted by Crippen LogP contribution is -1.92. The summed E-state index contributed by atoms with van der Waals surface area (Å²) in [4.78, 5) is 4.46. The van der Waals surface area contributed by atoms with Gasteiger partial charge in [0.1, 0.15) is 4.38 Å². The van der Waals surface area contributed by atoms with Gasteiger partial charge in [-0.05, 0) is 6.92 Å². The van der Waals surface area contributed by atoms with Crippen LogP contribution in [0.1, 0.15) is 18.7 Å². The van der Waals surface area contributed by atoms with Gasteiger partial charge < -0.3 is 4.42 Å². The molecule has 0 aromatic carbocycles. The molecule has 0 saturated carbocycles. The van der Waals surface area contributed by atoms with Crippen molar-refractivity contribution in [1.29, 1.82) is 0 Å². The Balaban J connectivity index is 1.86. The van der Waals surface area contributed by atoms with E-state index in [1.807, 2.05) is 0 Å². The van der Waals surface area contributed by atoms with E-state index in [1.54, 1.807) is 30.4 Å². The first kappa shape index (κ1) is 10.0. The minimum Gasteiger partial charge on any atom is -0.425 e. The zero-order chi connectivity index (χ0) is 9.97. The molecule has 0 radical (unpaired) electrons. The summed E-state index contributed by atoms with van der Waals surface area (Å²) in [7, 11) is 0. The average molecular weight is 229 g/mol. The third-order valence-corrected chi connectivity index (χ3v) is 4.11. The third kappa shape index (κ3) is 2.51. The fourth-order valence-electron chi connectivity index (χ4n) is 1.04. The third-order valence-electron chi connectivity index (χ3n) is 1.66. The summed E-state index contributed by atoms with van der Waals surface area (Å²) >= 11 is 3.47. The van der Waals surface area contributed by atoms with Crippen LogP contribution in [0.3, 0.4) is 0 Å². The van der Waals surface area contributed by atoms with Gasteiger partial charge in [0.25, 0.3) is 0 Å². The van der Waals surface area contributed by atoms with E-state index in [-0.39, 0.29) is 0 Å². The quantitative estimate of drug-likeness (QED) is 0.777. The molecule has 0 bridgehead atoms. The van der Waals surface area contributed by atoms with E-state index < -0.39 is 0 Å². The summed E-state index contributed by atoms with van der Waals surface area (Å²) in [5.74, 6) is 3.11. The smallest absolute Gasteiger partial charge is 0.226 e. The monoisotopic (exact) mass is 229 g/mol. The highest BCUT2D eigenvalue weighted by atomic mass is 32.2. The fraction of sp³-hybridized carbons (Fsp3) is 0.625. The van der Waals surface area contributed by atoms with Crippen molar-refractivity contribution < 1.29 is 4.42 Å². The van der Waals surface area contributed by atoms with Gasteiger partial charge in [-0.15, -0.1) is 10.2 Å². The zero-order valence-corrected chi connectivity index (χ0v) is 9.69. The van der Waals surface area contributed by atoms with E-state index >= 15 is 0 Å². The molecule has 1 aliphatic heterocycles. The molecule has 1 unspecified atom stereocenters. The highest BCUT2D eigenvalue weighted by Crippen LogP contribution is 2.27. The summed E-state index contributed by atoms with van der Waals surface area (Å²) < 4.78 is 6.40. The molecule has 4 nitrogen and oxygen atoms in total. The largest absolute Gasteiger partial charge is 0.425 e. The molecule has 0 fully saturated rings. The van der Waals surface area contributed by atoms with E-state index in [0.717, 1.165) is 15.9 Å². The molecule has 1 aromatic heterocycles. The molecule has 2 heterocycles. The molecule has 1 aromatic rings.